The van der Waals surface area contributed by atoms with Crippen LogP contribution >= 0.6 is 0 Å². The Morgan fingerprint density at radius 2 is 1.76 bits per heavy atom. The lowest BCUT2D eigenvalue weighted by Crippen LogP contribution is -2.47. The van der Waals surface area contributed by atoms with E-state index in [-0.39, 0.29) is 5.95 Å². The summed E-state index contributed by atoms with van der Waals surface area (Å²) in [6, 6.07) is 2.64. The SMILES string of the molecule is Nc1nc(N2CCN(C3CC3)CC2)nc(-n2cccn2)n1. The van der Waals surface area contributed by atoms with Crippen molar-refractivity contribution >= 4 is 11.9 Å². The first kappa shape index (κ1) is 12.5. The average molecular weight is 286 g/mol. The molecule has 2 aromatic heterocycles. The second-order valence-electron chi connectivity index (χ2n) is 5.50. The van der Waals surface area contributed by atoms with Crippen LogP contribution in [0.3, 0.4) is 0 Å². The van der Waals surface area contributed by atoms with Crippen molar-refractivity contribution in [2.75, 3.05) is 36.8 Å². The molecule has 21 heavy (non-hydrogen) atoms. The number of hydrogen-bond acceptors (Lipinski definition) is 7. The van der Waals surface area contributed by atoms with E-state index in [1.807, 2.05) is 6.07 Å². The molecule has 0 amide bonds. The number of nitrogens with two attached hydrogens (primary N) is 1. The summed E-state index contributed by atoms with van der Waals surface area (Å²) in [5, 5.41) is 4.14. The number of piperazine rings is 1. The Morgan fingerprint density at radius 3 is 2.43 bits per heavy atom. The first-order valence-electron chi connectivity index (χ1n) is 7.30. The average Bonchev–Trinajstić information content (AvgIpc) is 3.21. The number of nitrogens with zero attached hydrogens (tertiary/aromatic N) is 7. The minimum absolute atomic E-state index is 0.232. The number of aromatic nitrogens is 5. The van der Waals surface area contributed by atoms with E-state index < -0.39 is 0 Å². The molecule has 0 bridgehead atoms. The molecule has 0 aromatic carbocycles. The highest BCUT2D eigenvalue weighted by atomic mass is 15.4. The topological polar surface area (TPSA) is 89.0 Å². The van der Waals surface area contributed by atoms with Gasteiger partial charge in [-0.2, -0.15) is 20.1 Å². The molecule has 2 N–H and O–H groups in total. The lowest BCUT2D eigenvalue weighted by atomic mass is 10.3. The third-order valence-corrected chi connectivity index (χ3v) is 4.00. The van der Waals surface area contributed by atoms with Gasteiger partial charge in [-0.15, -0.1) is 0 Å². The van der Waals surface area contributed by atoms with Crippen molar-refractivity contribution < 1.29 is 0 Å². The van der Waals surface area contributed by atoms with Crippen molar-refractivity contribution in [3.8, 4) is 5.95 Å². The summed E-state index contributed by atoms with van der Waals surface area (Å²) in [6.45, 7) is 3.98. The van der Waals surface area contributed by atoms with Crippen LogP contribution in [0.4, 0.5) is 11.9 Å². The summed E-state index contributed by atoms with van der Waals surface area (Å²) in [7, 11) is 0. The minimum atomic E-state index is 0.232. The van der Waals surface area contributed by atoms with E-state index in [0.29, 0.717) is 11.9 Å². The van der Waals surface area contributed by atoms with Gasteiger partial charge in [0.2, 0.25) is 11.9 Å². The fourth-order valence-electron chi connectivity index (χ4n) is 2.73. The molecule has 1 aliphatic heterocycles. The quantitative estimate of drug-likeness (QED) is 0.844. The minimum Gasteiger partial charge on any atom is -0.368 e. The molecule has 8 heteroatoms. The van der Waals surface area contributed by atoms with Crippen LogP contribution < -0.4 is 10.6 Å². The van der Waals surface area contributed by atoms with Gasteiger partial charge in [0.15, 0.2) is 0 Å². The third kappa shape index (κ3) is 2.54. The van der Waals surface area contributed by atoms with Crippen LogP contribution in [-0.2, 0) is 0 Å². The van der Waals surface area contributed by atoms with Crippen molar-refractivity contribution in [2.45, 2.75) is 18.9 Å². The van der Waals surface area contributed by atoms with E-state index >= 15 is 0 Å². The Labute approximate surface area is 122 Å². The number of nitrogen functional groups attached to an aromatic ring is 1. The van der Waals surface area contributed by atoms with Gasteiger partial charge >= 0.3 is 0 Å². The standard InChI is InChI=1S/C13H18N8/c14-11-16-12(18-13(17-11)21-5-1-4-15-21)20-8-6-19(7-9-20)10-2-3-10/h1,4-5,10H,2-3,6-9H2,(H2,14,16,17,18). The maximum atomic E-state index is 5.82. The summed E-state index contributed by atoms with van der Waals surface area (Å²) in [5.41, 5.74) is 5.82. The summed E-state index contributed by atoms with van der Waals surface area (Å²) in [6.07, 6.45) is 6.18. The van der Waals surface area contributed by atoms with Gasteiger partial charge in [-0.3, -0.25) is 4.90 Å². The summed E-state index contributed by atoms with van der Waals surface area (Å²) in [4.78, 5) is 17.6. The predicted octanol–water partition coefficient (Wildman–Crippen LogP) is -0.0761. The van der Waals surface area contributed by atoms with Gasteiger partial charge in [0.1, 0.15) is 0 Å². The number of rotatable bonds is 3. The van der Waals surface area contributed by atoms with Gasteiger partial charge in [0.05, 0.1) is 0 Å². The normalized spacial score (nSPS) is 19.9. The molecule has 2 fully saturated rings. The Hall–Kier alpha value is -2.22. The van der Waals surface area contributed by atoms with Crippen LogP contribution in [-0.4, -0.2) is 61.9 Å². The van der Waals surface area contributed by atoms with E-state index in [4.69, 9.17) is 5.73 Å². The number of anilines is 2. The molecule has 4 rings (SSSR count). The first-order valence-corrected chi connectivity index (χ1v) is 7.30. The van der Waals surface area contributed by atoms with Crippen LogP contribution in [0, 0.1) is 0 Å². The highest BCUT2D eigenvalue weighted by Crippen LogP contribution is 2.28. The molecular formula is C13H18N8. The van der Waals surface area contributed by atoms with Crippen LogP contribution in [0.1, 0.15) is 12.8 Å². The van der Waals surface area contributed by atoms with E-state index in [9.17, 15) is 0 Å². The second-order valence-corrected chi connectivity index (χ2v) is 5.50. The zero-order valence-corrected chi connectivity index (χ0v) is 11.8. The van der Waals surface area contributed by atoms with Gasteiger partial charge in [-0.1, -0.05) is 0 Å². The van der Waals surface area contributed by atoms with Crippen LogP contribution in [0.5, 0.6) is 0 Å². The molecule has 1 aliphatic carbocycles. The second kappa shape index (κ2) is 4.96. The molecule has 2 aliphatic rings. The molecule has 0 atom stereocenters. The zero-order valence-electron chi connectivity index (χ0n) is 11.8. The van der Waals surface area contributed by atoms with Crippen molar-refractivity contribution in [2.24, 2.45) is 0 Å². The Bertz CT molecular complexity index is 613. The van der Waals surface area contributed by atoms with Crippen LogP contribution in [0.15, 0.2) is 18.5 Å². The summed E-state index contributed by atoms with van der Waals surface area (Å²) < 4.78 is 1.60. The van der Waals surface area contributed by atoms with Crippen molar-refractivity contribution in [1.29, 1.82) is 0 Å². The van der Waals surface area contributed by atoms with Crippen molar-refractivity contribution in [1.82, 2.24) is 29.6 Å². The molecule has 0 radical (unpaired) electrons. The van der Waals surface area contributed by atoms with Crippen molar-refractivity contribution in [3.05, 3.63) is 18.5 Å². The Balaban J connectivity index is 1.54. The van der Waals surface area contributed by atoms with Gasteiger partial charge in [-0.05, 0) is 18.9 Å². The van der Waals surface area contributed by atoms with Gasteiger partial charge in [-0.25, -0.2) is 4.68 Å². The summed E-state index contributed by atoms with van der Waals surface area (Å²) in [5.74, 6) is 1.34. The molecule has 0 unspecified atom stereocenters. The third-order valence-electron chi connectivity index (χ3n) is 4.00. The highest BCUT2D eigenvalue weighted by Gasteiger charge is 2.31. The monoisotopic (exact) mass is 286 g/mol. The summed E-state index contributed by atoms with van der Waals surface area (Å²) >= 11 is 0. The fraction of sp³-hybridized carbons (Fsp3) is 0.538. The van der Waals surface area contributed by atoms with Crippen LogP contribution in [0.2, 0.25) is 0 Å². The molecule has 2 aromatic rings. The zero-order chi connectivity index (χ0) is 14.2. The Kier molecular flexibility index (Phi) is 2.95. The first-order chi connectivity index (χ1) is 10.3. The smallest absolute Gasteiger partial charge is 0.257 e. The Morgan fingerprint density at radius 1 is 1.00 bits per heavy atom. The maximum absolute atomic E-state index is 5.82. The van der Waals surface area contributed by atoms with E-state index in [2.05, 4.69) is 29.9 Å². The lowest BCUT2D eigenvalue weighted by molar-refractivity contribution is 0.247. The molecule has 110 valence electrons. The predicted molar refractivity (Wildman–Crippen MR) is 78.2 cm³/mol. The number of hydrogen-bond donors (Lipinski definition) is 1. The molecule has 0 spiro atoms. The van der Waals surface area contributed by atoms with Gasteiger partial charge < -0.3 is 10.6 Å². The fourth-order valence-corrected chi connectivity index (χ4v) is 2.73. The molecule has 1 saturated heterocycles. The van der Waals surface area contributed by atoms with E-state index in [1.165, 1.54) is 12.8 Å². The molecule has 1 saturated carbocycles. The molecule has 8 nitrogen and oxygen atoms in total. The van der Waals surface area contributed by atoms with E-state index in [1.54, 1.807) is 17.1 Å². The molecular weight excluding hydrogens is 268 g/mol. The largest absolute Gasteiger partial charge is 0.368 e. The van der Waals surface area contributed by atoms with Gasteiger partial charge in [0, 0.05) is 44.6 Å². The lowest BCUT2D eigenvalue weighted by Gasteiger charge is -2.34. The van der Waals surface area contributed by atoms with E-state index in [0.717, 1.165) is 32.2 Å². The molecule has 3 heterocycles. The highest BCUT2D eigenvalue weighted by molar-refractivity contribution is 5.38. The van der Waals surface area contributed by atoms with Crippen molar-refractivity contribution in [3.63, 3.8) is 0 Å². The van der Waals surface area contributed by atoms with Gasteiger partial charge in [0.25, 0.3) is 5.95 Å². The van der Waals surface area contributed by atoms with Crippen LogP contribution in [0.25, 0.3) is 5.95 Å². The maximum Gasteiger partial charge on any atom is 0.257 e.